The summed E-state index contributed by atoms with van der Waals surface area (Å²) in [6, 6.07) is 16.3. The number of pyridine rings is 2. The van der Waals surface area contributed by atoms with Gasteiger partial charge >= 0.3 is 0 Å². The lowest BCUT2D eigenvalue weighted by atomic mass is 10.0. The molecule has 0 atom stereocenters. The van der Waals surface area contributed by atoms with E-state index in [0.717, 1.165) is 29.8 Å². The highest BCUT2D eigenvalue weighted by atomic mass is 16.1. The molecule has 132 valence electrons. The zero-order chi connectivity index (χ0) is 18.4. The minimum Gasteiger partial charge on any atom is -0.352 e. The van der Waals surface area contributed by atoms with Crippen LogP contribution in [0.2, 0.25) is 0 Å². The van der Waals surface area contributed by atoms with E-state index in [0.29, 0.717) is 12.1 Å². The Hall–Kier alpha value is -3.01. The van der Waals surface area contributed by atoms with Crippen molar-refractivity contribution in [3.05, 3.63) is 83.4 Å². The van der Waals surface area contributed by atoms with Crippen molar-refractivity contribution in [3.63, 3.8) is 0 Å². The molecule has 0 aliphatic rings. The summed E-state index contributed by atoms with van der Waals surface area (Å²) >= 11 is 0. The number of amides is 1. The molecule has 2 heterocycles. The summed E-state index contributed by atoms with van der Waals surface area (Å²) in [6.07, 6.45) is 5.33. The topological polar surface area (TPSA) is 54.9 Å². The Morgan fingerprint density at radius 3 is 2.38 bits per heavy atom. The maximum atomic E-state index is 12.1. The van der Waals surface area contributed by atoms with Gasteiger partial charge in [0.2, 0.25) is 0 Å². The van der Waals surface area contributed by atoms with Gasteiger partial charge in [0.1, 0.15) is 0 Å². The minimum absolute atomic E-state index is 0.0722. The molecular weight excluding hydrogens is 322 g/mol. The Balaban J connectivity index is 1.52. The summed E-state index contributed by atoms with van der Waals surface area (Å²) < 4.78 is 0. The fraction of sp³-hybridized carbons (Fsp3) is 0.227. The van der Waals surface area contributed by atoms with E-state index in [1.807, 2.05) is 32.2 Å². The molecule has 4 nitrogen and oxygen atoms in total. The summed E-state index contributed by atoms with van der Waals surface area (Å²) in [7, 11) is 0. The zero-order valence-corrected chi connectivity index (χ0v) is 15.2. The first kappa shape index (κ1) is 17.8. The number of aryl methyl sites for hydroxylation is 3. The van der Waals surface area contributed by atoms with Gasteiger partial charge < -0.3 is 5.32 Å². The van der Waals surface area contributed by atoms with Crippen LogP contribution in [0.3, 0.4) is 0 Å². The highest BCUT2D eigenvalue weighted by Gasteiger charge is 2.05. The Kier molecular flexibility index (Phi) is 5.74. The van der Waals surface area contributed by atoms with E-state index in [9.17, 15) is 4.79 Å². The van der Waals surface area contributed by atoms with Gasteiger partial charge in [-0.15, -0.1) is 0 Å². The van der Waals surface area contributed by atoms with E-state index in [1.54, 1.807) is 12.3 Å². The molecule has 1 amide bonds. The van der Waals surface area contributed by atoms with Gasteiger partial charge in [0.05, 0.1) is 5.56 Å². The van der Waals surface area contributed by atoms with Gasteiger partial charge in [-0.1, -0.05) is 30.3 Å². The predicted molar refractivity (Wildman–Crippen MR) is 104 cm³/mol. The first-order chi connectivity index (χ1) is 12.6. The Labute approximate surface area is 154 Å². The van der Waals surface area contributed by atoms with E-state index in [-0.39, 0.29) is 5.91 Å². The van der Waals surface area contributed by atoms with Crippen molar-refractivity contribution in [3.8, 4) is 11.1 Å². The summed E-state index contributed by atoms with van der Waals surface area (Å²) in [4.78, 5) is 20.6. The van der Waals surface area contributed by atoms with Crippen molar-refractivity contribution >= 4 is 5.91 Å². The highest BCUT2D eigenvalue weighted by molar-refractivity contribution is 5.93. The molecule has 0 radical (unpaired) electrons. The Morgan fingerprint density at radius 1 is 0.923 bits per heavy atom. The Bertz CT molecular complexity index is 871. The molecule has 0 saturated heterocycles. The summed E-state index contributed by atoms with van der Waals surface area (Å²) in [5, 5.41) is 2.95. The van der Waals surface area contributed by atoms with E-state index >= 15 is 0 Å². The molecule has 1 N–H and O–H groups in total. The maximum absolute atomic E-state index is 12.1. The quantitative estimate of drug-likeness (QED) is 0.684. The third-order valence-corrected chi connectivity index (χ3v) is 4.27. The van der Waals surface area contributed by atoms with Crippen LogP contribution in [-0.2, 0) is 6.42 Å². The molecule has 4 heteroatoms. The molecule has 0 fully saturated rings. The van der Waals surface area contributed by atoms with Crippen molar-refractivity contribution in [2.45, 2.75) is 26.7 Å². The fourth-order valence-electron chi connectivity index (χ4n) is 2.74. The van der Waals surface area contributed by atoms with Crippen molar-refractivity contribution in [2.24, 2.45) is 0 Å². The molecule has 26 heavy (non-hydrogen) atoms. The fourth-order valence-corrected chi connectivity index (χ4v) is 2.74. The molecule has 3 rings (SSSR count). The third kappa shape index (κ3) is 4.76. The van der Waals surface area contributed by atoms with Crippen LogP contribution < -0.4 is 5.32 Å². The average molecular weight is 345 g/mol. The number of rotatable bonds is 6. The molecule has 0 aliphatic heterocycles. The van der Waals surface area contributed by atoms with Gasteiger partial charge in [-0.3, -0.25) is 14.8 Å². The van der Waals surface area contributed by atoms with Gasteiger partial charge in [0, 0.05) is 35.9 Å². The van der Waals surface area contributed by atoms with Gasteiger partial charge in [-0.05, 0) is 56.0 Å². The molecule has 1 aromatic carbocycles. The third-order valence-electron chi connectivity index (χ3n) is 4.27. The number of hydrogen-bond acceptors (Lipinski definition) is 3. The van der Waals surface area contributed by atoms with Gasteiger partial charge in [0.15, 0.2) is 0 Å². The summed E-state index contributed by atoms with van der Waals surface area (Å²) in [5.74, 6) is -0.0722. The van der Waals surface area contributed by atoms with Crippen molar-refractivity contribution < 1.29 is 4.79 Å². The second-order valence-corrected chi connectivity index (χ2v) is 6.44. The van der Waals surface area contributed by atoms with Crippen LogP contribution in [0.1, 0.15) is 33.7 Å². The highest BCUT2D eigenvalue weighted by Crippen LogP contribution is 2.20. The number of nitrogens with one attached hydrogen (secondary N) is 1. The summed E-state index contributed by atoms with van der Waals surface area (Å²) in [5.41, 5.74) is 6.08. The molecule has 0 saturated carbocycles. The van der Waals surface area contributed by atoms with Crippen LogP contribution >= 0.6 is 0 Å². The lowest BCUT2D eigenvalue weighted by Gasteiger charge is -2.07. The number of aromatic nitrogens is 2. The van der Waals surface area contributed by atoms with Crippen LogP contribution in [0.5, 0.6) is 0 Å². The van der Waals surface area contributed by atoms with E-state index < -0.39 is 0 Å². The van der Waals surface area contributed by atoms with Crippen LogP contribution in [0.4, 0.5) is 0 Å². The van der Waals surface area contributed by atoms with Crippen molar-refractivity contribution in [1.29, 1.82) is 0 Å². The standard InChI is InChI=1S/C22H23N3O/c1-16-8-10-20(14-24-16)19-7-3-5-18(13-19)6-4-12-23-22(26)21-11-9-17(2)25-15-21/h3,5,7-11,13-15H,4,6,12H2,1-2H3,(H,23,26). The van der Waals surface area contributed by atoms with Crippen molar-refractivity contribution in [2.75, 3.05) is 6.54 Å². The smallest absolute Gasteiger partial charge is 0.252 e. The van der Waals surface area contributed by atoms with Crippen LogP contribution in [0.15, 0.2) is 60.9 Å². The second-order valence-electron chi connectivity index (χ2n) is 6.44. The van der Waals surface area contributed by atoms with E-state index in [1.165, 1.54) is 11.1 Å². The van der Waals surface area contributed by atoms with Gasteiger partial charge in [-0.2, -0.15) is 0 Å². The first-order valence-electron chi connectivity index (χ1n) is 8.84. The van der Waals surface area contributed by atoms with Crippen LogP contribution in [-0.4, -0.2) is 22.4 Å². The molecule has 0 spiro atoms. The molecular formula is C22H23N3O. The molecule has 2 aromatic heterocycles. The number of nitrogens with zero attached hydrogens (tertiary/aromatic N) is 2. The lowest BCUT2D eigenvalue weighted by molar-refractivity contribution is 0.0953. The number of benzene rings is 1. The Morgan fingerprint density at radius 2 is 1.69 bits per heavy atom. The SMILES string of the molecule is Cc1ccc(C(=O)NCCCc2cccc(-c3ccc(C)nc3)c2)cn1. The molecule has 0 bridgehead atoms. The number of carbonyl (C=O) groups is 1. The maximum Gasteiger partial charge on any atom is 0.252 e. The molecule has 3 aromatic rings. The van der Waals surface area contributed by atoms with E-state index in [4.69, 9.17) is 0 Å². The minimum atomic E-state index is -0.0722. The normalized spacial score (nSPS) is 10.5. The number of carbonyl (C=O) groups excluding carboxylic acids is 1. The lowest BCUT2D eigenvalue weighted by Crippen LogP contribution is -2.24. The van der Waals surface area contributed by atoms with Crippen LogP contribution in [0, 0.1) is 13.8 Å². The van der Waals surface area contributed by atoms with Gasteiger partial charge in [0.25, 0.3) is 5.91 Å². The predicted octanol–water partition coefficient (Wildman–Crippen LogP) is 4.12. The second kappa shape index (κ2) is 8.39. The number of hydrogen-bond donors (Lipinski definition) is 1. The molecule has 0 unspecified atom stereocenters. The average Bonchev–Trinajstić information content (AvgIpc) is 2.66. The monoisotopic (exact) mass is 345 g/mol. The van der Waals surface area contributed by atoms with Gasteiger partial charge in [-0.25, -0.2) is 0 Å². The van der Waals surface area contributed by atoms with Crippen LogP contribution in [0.25, 0.3) is 11.1 Å². The first-order valence-corrected chi connectivity index (χ1v) is 8.84. The van der Waals surface area contributed by atoms with E-state index in [2.05, 4.69) is 45.6 Å². The largest absolute Gasteiger partial charge is 0.352 e. The molecule has 0 aliphatic carbocycles. The zero-order valence-electron chi connectivity index (χ0n) is 15.2. The summed E-state index contributed by atoms with van der Waals surface area (Å²) in [6.45, 7) is 4.53. The van der Waals surface area contributed by atoms with Crippen molar-refractivity contribution in [1.82, 2.24) is 15.3 Å².